The first-order valence-corrected chi connectivity index (χ1v) is 10.4. The Bertz CT molecular complexity index is 966. The van der Waals surface area contributed by atoms with E-state index < -0.39 is 21.5 Å². The topological polar surface area (TPSA) is 76.1 Å². The van der Waals surface area contributed by atoms with Crippen LogP contribution in [0.2, 0.25) is 0 Å². The van der Waals surface area contributed by atoms with Crippen molar-refractivity contribution in [2.24, 2.45) is 0 Å². The van der Waals surface area contributed by atoms with Crippen molar-refractivity contribution in [3.8, 4) is 0 Å². The first kappa shape index (κ1) is 17.1. The number of para-hydroxylation sites is 1. The van der Waals surface area contributed by atoms with E-state index in [2.05, 4.69) is 26.2 Å². The van der Waals surface area contributed by atoms with Crippen LogP contribution in [0.5, 0.6) is 0 Å². The number of hydrogen-bond donors (Lipinski definition) is 1. The molecule has 0 spiro atoms. The number of hydrogen-bond acceptors (Lipinski definition) is 5. The van der Waals surface area contributed by atoms with E-state index in [1.165, 1.54) is 11.3 Å². The number of rotatable bonds is 5. The SMILES string of the molecule is O=C(CS(=O)(=O)Cc1cccc(Br)c1)Nc1nc2ccccc2s1. The van der Waals surface area contributed by atoms with Crippen molar-refractivity contribution >= 4 is 58.4 Å². The first-order valence-electron chi connectivity index (χ1n) is 7.02. The quantitative estimate of drug-likeness (QED) is 0.678. The van der Waals surface area contributed by atoms with Gasteiger partial charge in [-0.3, -0.25) is 4.79 Å². The maximum absolute atomic E-state index is 12.2. The molecule has 3 rings (SSSR count). The van der Waals surface area contributed by atoms with Gasteiger partial charge in [-0.25, -0.2) is 13.4 Å². The summed E-state index contributed by atoms with van der Waals surface area (Å²) >= 11 is 4.61. The van der Waals surface area contributed by atoms with E-state index in [0.717, 1.165) is 14.7 Å². The van der Waals surface area contributed by atoms with Crippen LogP contribution in [-0.2, 0) is 20.4 Å². The number of nitrogens with one attached hydrogen (secondary N) is 1. The molecule has 1 heterocycles. The summed E-state index contributed by atoms with van der Waals surface area (Å²) < 4.78 is 26.1. The molecule has 0 unspecified atom stereocenters. The van der Waals surface area contributed by atoms with Gasteiger partial charge in [0.25, 0.3) is 0 Å². The second kappa shape index (κ2) is 7.00. The molecule has 1 amide bonds. The molecular weight excluding hydrogens is 412 g/mol. The third-order valence-corrected chi connectivity index (χ3v) is 6.09. The molecule has 0 saturated carbocycles. The molecule has 0 aliphatic carbocycles. The standard InChI is InChI=1S/C16H13BrN2O3S2/c17-12-5-3-4-11(8-12)9-24(21,22)10-15(20)19-16-18-13-6-1-2-7-14(13)23-16/h1-8H,9-10H2,(H,18,19,20). The molecule has 1 aromatic heterocycles. The number of amides is 1. The van der Waals surface area contributed by atoms with Gasteiger partial charge >= 0.3 is 0 Å². The average Bonchev–Trinajstić information content (AvgIpc) is 2.87. The zero-order valence-corrected chi connectivity index (χ0v) is 15.6. The van der Waals surface area contributed by atoms with Gasteiger partial charge in [0, 0.05) is 4.47 Å². The highest BCUT2D eigenvalue weighted by Gasteiger charge is 2.18. The Morgan fingerprint density at radius 1 is 1.17 bits per heavy atom. The third kappa shape index (κ3) is 4.40. The molecular formula is C16H13BrN2O3S2. The summed E-state index contributed by atoms with van der Waals surface area (Å²) in [4.78, 5) is 16.3. The molecule has 0 fully saturated rings. The lowest BCUT2D eigenvalue weighted by atomic mass is 10.2. The Morgan fingerprint density at radius 2 is 1.96 bits per heavy atom. The van der Waals surface area contributed by atoms with Crippen LogP contribution in [0.15, 0.2) is 53.0 Å². The van der Waals surface area contributed by atoms with Gasteiger partial charge in [0.1, 0.15) is 5.75 Å². The van der Waals surface area contributed by atoms with Gasteiger partial charge in [0.05, 0.1) is 16.0 Å². The van der Waals surface area contributed by atoms with Gasteiger partial charge in [0.2, 0.25) is 5.91 Å². The van der Waals surface area contributed by atoms with Crippen LogP contribution in [0.4, 0.5) is 5.13 Å². The van der Waals surface area contributed by atoms with Gasteiger partial charge in [0.15, 0.2) is 15.0 Å². The van der Waals surface area contributed by atoms with Crippen molar-refractivity contribution in [2.75, 3.05) is 11.1 Å². The zero-order chi connectivity index (χ0) is 17.2. The van der Waals surface area contributed by atoms with Crippen LogP contribution in [0.3, 0.4) is 0 Å². The van der Waals surface area contributed by atoms with E-state index >= 15 is 0 Å². The van der Waals surface area contributed by atoms with Crippen LogP contribution in [0.25, 0.3) is 10.2 Å². The van der Waals surface area contributed by atoms with Crippen molar-refractivity contribution in [1.82, 2.24) is 4.98 Å². The fourth-order valence-electron chi connectivity index (χ4n) is 2.21. The highest BCUT2D eigenvalue weighted by atomic mass is 79.9. The van der Waals surface area contributed by atoms with E-state index in [1.54, 1.807) is 18.2 Å². The predicted molar refractivity (Wildman–Crippen MR) is 99.9 cm³/mol. The van der Waals surface area contributed by atoms with Gasteiger partial charge in [-0.15, -0.1) is 0 Å². The fraction of sp³-hybridized carbons (Fsp3) is 0.125. The summed E-state index contributed by atoms with van der Waals surface area (Å²) in [5.74, 6) is -1.33. The zero-order valence-electron chi connectivity index (χ0n) is 12.4. The van der Waals surface area contributed by atoms with Gasteiger partial charge in [-0.05, 0) is 29.8 Å². The monoisotopic (exact) mass is 424 g/mol. The molecule has 2 aromatic carbocycles. The Hall–Kier alpha value is -1.77. The maximum atomic E-state index is 12.2. The molecule has 0 aliphatic heterocycles. The highest BCUT2D eigenvalue weighted by Crippen LogP contribution is 2.25. The van der Waals surface area contributed by atoms with Crippen LogP contribution < -0.4 is 5.32 Å². The second-order valence-electron chi connectivity index (χ2n) is 5.20. The van der Waals surface area contributed by atoms with Crippen LogP contribution >= 0.6 is 27.3 Å². The van der Waals surface area contributed by atoms with Crippen molar-refractivity contribution < 1.29 is 13.2 Å². The normalized spacial score (nSPS) is 11.5. The number of nitrogens with zero attached hydrogens (tertiary/aromatic N) is 1. The summed E-state index contributed by atoms with van der Waals surface area (Å²) in [7, 11) is -3.56. The second-order valence-corrected chi connectivity index (χ2v) is 9.21. The van der Waals surface area contributed by atoms with E-state index in [9.17, 15) is 13.2 Å². The Kier molecular flexibility index (Phi) is 4.98. The molecule has 8 heteroatoms. The number of thiazole rings is 1. The van der Waals surface area contributed by atoms with Crippen molar-refractivity contribution in [1.29, 1.82) is 0 Å². The van der Waals surface area contributed by atoms with Gasteiger partial charge in [-0.1, -0.05) is 51.5 Å². The summed E-state index contributed by atoms with van der Waals surface area (Å²) in [6, 6.07) is 14.5. The van der Waals surface area contributed by atoms with Crippen molar-refractivity contribution in [3.63, 3.8) is 0 Å². The van der Waals surface area contributed by atoms with Crippen LogP contribution in [0, 0.1) is 0 Å². The lowest BCUT2D eigenvalue weighted by molar-refractivity contribution is -0.113. The summed E-state index contributed by atoms with van der Waals surface area (Å²) in [5.41, 5.74) is 1.41. The molecule has 0 atom stereocenters. The number of sulfone groups is 1. The van der Waals surface area contributed by atoms with E-state index in [4.69, 9.17) is 0 Å². The molecule has 0 bridgehead atoms. The number of halogens is 1. The average molecular weight is 425 g/mol. The lowest BCUT2D eigenvalue weighted by Crippen LogP contribution is -2.23. The van der Waals surface area contributed by atoms with Gasteiger partial charge < -0.3 is 5.32 Å². The number of carbonyl (C=O) groups is 1. The molecule has 5 nitrogen and oxygen atoms in total. The molecule has 1 N–H and O–H groups in total. The molecule has 24 heavy (non-hydrogen) atoms. The lowest BCUT2D eigenvalue weighted by Gasteiger charge is -2.05. The summed E-state index contributed by atoms with van der Waals surface area (Å²) in [6.07, 6.45) is 0. The van der Waals surface area contributed by atoms with E-state index in [-0.39, 0.29) is 5.75 Å². The van der Waals surface area contributed by atoms with Crippen LogP contribution in [-0.4, -0.2) is 25.1 Å². The highest BCUT2D eigenvalue weighted by molar-refractivity contribution is 9.10. The first-order chi connectivity index (χ1) is 11.4. The van der Waals surface area contributed by atoms with E-state index in [0.29, 0.717) is 10.7 Å². The number of anilines is 1. The number of carbonyl (C=O) groups excluding carboxylic acids is 1. The Labute approximate surface area is 151 Å². The molecule has 0 radical (unpaired) electrons. The Morgan fingerprint density at radius 3 is 2.71 bits per heavy atom. The van der Waals surface area contributed by atoms with E-state index in [1.807, 2.05) is 30.3 Å². The minimum atomic E-state index is -3.56. The summed E-state index contributed by atoms with van der Waals surface area (Å²) in [5, 5.41) is 2.97. The smallest absolute Gasteiger partial charge is 0.241 e. The minimum Gasteiger partial charge on any atom is -0.301 e. The number of aromatic nitrogens is 1. The fourth-order valence-corrected chi connectivity index (χ4v) is 4.80. The third-order valence-electron chi connectivity index (χ3n) is 3.17. The maximum Gasteiger partial charge on any atom is 0.241 e. The molecule has 0 aliphatic rings. The minimum absolute atomic E-state index is 0.181. The molecule has 3 aromatic rings. The number of fused-ring (bicyclic) bond motifs is 1. The summed E-state index contributed by atoms with van der Waals surface area (Å²) in [6.45, 7) is 0. The van der Waals surface area contributed by atoms with Crippen LogP contribution in [0.1, 0.15) is 5.56 Å². The Balaban J connectivity index is 1.67. The van der Waals surface area contributed by atoms with Gasteiger partial charge in [-0.2, -0.15) is 0 Å². The van der Waals surface area contributed by atoms with Crippen molar-refractivity contribution in [2.45, 2.75) is 5.75 Å². The molecule has 124 valence electrons. The largest absolute Gasteiger partial charge is 0.301 e. The van der Waals surface area contributed by atoms with Crippen molar-refractivity contribution in [3.05, 3.63) is 58.6 Å². The molecule has 0 saturated heterocycles. The number of benzene rings is 2. The predicted octanol–water partition coefficient (Wildman–Crippen LogP) is 3.61.